The van der Waals surface area contributed by atoms with Gasteiger partial charge in [-0.25, -0.2) is 4.37 Å². The molecule has 1 aromatic heterocycles. The lowest BCUT2D eigenvalue weighted by molar-refractivity contribution is 0.211. The van der Waals surface area contributed by atoms with Crippen LogP contribution in [0.4, 0.5) is 5.69 Å². The lowest BCUT2D eigenvalue weighted by Gasteiger charge is -2.15. The van der Waals surface area contributed by atoms with Gasteiger partial charge in [-0.2, -0.15) is 0 Å². The molecule has 0 saturated heterocycles. The molecule has 1 aliphatic rings. The first-order valence-corrected chi connectivity index (χ1v) is 7.07. The number of aromatic nitrogens is 1. The topological polar surface area (TPSA) is 48.1 Å². The van der Waals surface area contributed by atoms with E-state index < -0.39 is 0 Å². The van der Waals surface area contributed by atoms with E-state index in [2.05, 4.69) is 4.37 Å². The van der Waals surface area contributed by atoms with Crippen molar-refractivity contribution in [3.05, 3.63) is 30.5 Å². The minimum atomic E-state index is 0.349. The fraction of sp³-hybridized carbons (Fsp3) is 0.357. The van der Waals surface area contributed by atoms with Gasteiger partial charge in [0.2, 0.25) is 0 Å². The zero-order valence-corrected chi connectivity index (χ0v) is 11.0. The van der Waals surface area contributed by atoms with Crippen LogP contribution in [0.2, 0.25) is 0 Å². The second-order valence-corrected chi connectivity index (χ2v) is 5.49. The third kappa shape index (κ3) is 2.34. The van der Waals surface area contributed by atoms with Gasteiger partial charge in [0, 0.05) is 6.20 Å². The molecule has 0 bridgehead atoms. The Morgan fingerprint density at radius 2 is 2.06 bits per heavy atom. The molecule has 3 nitrogen and oxygen atoms in total. The lowest BCUT2D eigenvalue weighted by Crippen LogP contribution is -2.11. The molecule has 0 atom stereocenters. The van der Waals surface area contributed by atoms with Crippen LogP contribution in [0.1, 0.15) is 25.7 Å². The summed E-state index contributed by atoms with van der Waals surface area (Å²) in [5.74, 6) is 0.815. The average Bonchev–Trinajstić information content (AvgIpc) is 3.04. The monoisotopic (exact) mass is 260 g/mol. The molecule has 94 valence electrons. The van der Waals surface area contributed by atoms with Gasteiger partial charge in [0.1, 0.15) is 5.75 Å². The average molecular weight is 260 g/mol. The van der Waals surface area contributed by atoms with Crippen LogP contribution in [0.5, 0.6) is 5.75 Å². The van der Waals surface area contributed by atoms with Crippen molar-refractivity contribution in [2.45, 2.75) is 31.8 Å². The molecule has 0 radical (unpaired) electrons. The number of anilines is 1. The molecule has 1 fully saturated rings. The van der Waals surface area contributed by atoms with Gasteiger partial charge in [0.25, 0.3) is 0 Å². The van der Waals surface area contributed by atoms with Gasteiger partial charge in [-0.1, -0.05) is 0 Å². The van der Waals surface area contributed by atoms with Gasteiger partial charge in [0.05, 0.1) is 16.7 Å². The molecule has 1 heterocycles. The molecule has 2 N–H and O–H groups in total. The largest absolute Gasteiger partial charge is 0.488 e. The van der Waals surface area contributed by atoms with E-state index in [1.165, 1.54) is 24.4 Å². The van der Waals surface area contributed by atoms with Crippen molar-refractivity contribution in [3.63, 3.8) is 0 Å². The van der Waals surface area contributed by atoms with Crippen molar-refractivity contribution < 1.29 is 4.74 Å². The van der Waals surface area contributed by atoms with Crippen LogP contribution >= 0.6 is 11.5 Å². The van der Waals surface area contributed by atoms with Gasteiger partial charge >= 0.3 is 0 Å². The van der Waals surface area contributed by atoms with Crippen molar-refractivity contribution in [3.8, 4) is 16.2 Å². The van der Waals surface area contributed by atoms with Crippen LogP contribution in [0, 0.1) is 0 Å². The van der Waals surface area contributed by atoms with E-state index in [-0.39, 0.29) is 0 Å². The van der Waals surface area contributed by atoms with Crippen LogP contribution in [0.15, 0.2) is 30.5 Å². The molecule has 1 saturated carbocycles. The maximum Gasteiger partial charge on any atom is 0.142 e. The van der Waals surface area contributed by atoms with E-state index in [1.807, 2.05) is 24.3 Å². The summed E-state index contributed by atoms with van der Waals surface area (Å²) in [4.78, 5) is 1.13. The van der Waals surface area contributed by atoms with E-state index in [0.29, 0.717) is 11.8 Å². The Hall–Kier alpha value is -1.55. The molecular weight excluding hydrogens is 244 g/mol. The molecule has 0 spiro atoms. The molecule has 0 aliphatic heterocycles. The summed E-state index contributed by atoms with van der Waals surface area (Å²) in [5.41, 5.74) is 7.89. The minimum Gasteiger partial charge on any atom is -0.488 e. The Morgan fingerprint density at radius 3 is 2.72 bits per heavy atom. The van der Waals surface area contributed by atoms with Crippen LogP contribution in [0.25, 0.3) is 10.4 Å². The summed E-state index contributed by atoms with van der Waals surface area (Å²) >= 11 is 1.48. The SMILES string of the molecule is Nc1cc(-c2ccns2)ccc1OC1CCCC1. The molecule has 2 aromatic rings. The van der Waals surface area contributed by atoms with E-state index in [4.69, 9.17) is 10.5 Å². The number of ether oxygens (including phenoxy) is 1. The van der Waals surface area contributed by atoms with E-state index in [0.717, 1.165) is 29.0 Å². The summed E-state index contributed by atoms with van der Waals surface area (Å²) < 4.78 is 10.0. The van der Waals surface area contributed by atoms with Crippen LogP contribution < -0.4 is 10.5 Å². The number of hydrogen-bond acceptors (Lipinski definition) is 4. The maximum atomic E-state index is 6.06. The first-order chi connectivity index (χ1) is 8.83. The predicted molar refractivity (Wildman–Crippen MR) is 74.8 cm³/mol. The number of nitrogens with zero attached hydrogens (tertiary/aromatic N) is 1. The highest BCUT2D eigenvalue weighted by atomic mass is 32.1. The second kappa shape index (κ2) is 4.98. The highest BCUT2D eigenvalue weighted by Gasteiger charge is 2.17. The minimum absolute atomic E-state index is 0.349. The maximum absolute atomic E-state index is 6.06. The molecule has 3 rings (SSSR count). The first kappa shape index (κ1) is 11.5. The first-order valence-electron chi connectivity index (χ1n) is 6.30. The summed E-state index contributed by atoms with van der Waals surface area (Å²) in [7, 11) is 0. The molecule has 0 amide bonds. The smallest absolute Gasteiger partial charge is 0.142 e. The Labute approximate surface area is 111 Å². The molecular formula is C14H16N2OS. The summed E-state index contributed by atoms with van der Waals surface area (Å²) in [6.45, 7) is 0. The zero-order valence-electron chi connectivity index (χ0n) is 10.1. The van der Waals surface area contributed by atoms with Gasteiger partial charge in [0.15, 0.2) is 0 Å². The predicted octanol–water partition coefficient (Wildman–Crippen LogP) is 3.71. The molecule has 0 unspecified atom stereocenters. The molecule has 1 aromatic carbocycles. The second-order valence-electron chi connectivity index (χ2n) is 4.65. The van der Waals surface area contributed by atoms with E-state index in [1.54, 1.807) is 6.20 Å². The van der Waals surface area contributed by atoms with Crippen molar-refractivity contribution in [1.29, 1.82) is 0 Å². The van der Waals surface area contributed by atoms with E-state index >= 15 is 0 Å². The normalized spacial score (nSPS) is 16.0. The number of rotatable bonds is 3. The van der Waals surface area contributed by atoms with Crippen LogP contribution in [-0.4, -0.2) is 10.5 Å². The Morgan fingerprint density at radius 1 is 1.22 bits per heavy atom. The highest BCUT2D eigenvalue weighted by Crippen LogP contribution is 2.32. The van der Waals surface area contributed by atoms with Crippen molar-refractivity contribution >= 4 is 17.2 Å². The Balaban J connectivity index is 1.80. The quantitative estimate of drug-likeness (QED) is 0.856. The fourth-order valence-electron chi connectivity index (χ4n) is 2.36. The van der Waals surface area contributed by atoms with Gasteiger partial charge in [-0.15, -0.1) is 0 Å². The molecule has 18 heavy (non-hydrogen) atoms. The third-order valence-corrected chi connectivity index (χ3v) is 4.12. The third-order valence-electron chi connectivity index (χ3n) is 3.33. The Kier molecular flexibility index (Phi) is 3.19. The molecule has 4 heteroatoms. The fourth-order valence-corrected chi connectivity index (χ4v) is 2.95. The summed E-state index contributed by atoms with van der Waals surface area (Å²) in [6.07, 6.45) is 6.99. The molecule has 1 aliphatic carbocycles. The van der Waals surface area contributed by atoms with Crippen molar-refractivity contribution in [2.24, 2.45) is 0 Å². The van der Waals surface area contributed by atoms with Crippen molar-refractivity contribution in [2.75, 3.05) is 5.73 Å². The standard InChI is InChI=1S/C14H16N2OS/c15-12-9-10(14-7-8-16-18-14)5-6-13(12)17-11-3-1-2-4-11/h5-9,11H,1-4,15H2. The van der Waals surface area contributed by atoms with Gasteiger partial charge in [-0.3, -0.25) is 0 Å². The lowest BCUT2D eigenvalue weighted by atomic mass is 10.1. The van der Waals surface area contributed by atoms with Gasteiger partial charge in [-0.05, 0) is 67.0 Å². The van der Waals surface area contributed by atoms with Gasteiger partial charge < -0.3 is 10.5 Å². The number of nitrogens with two attached hydrogens (primary N) is 1. The van der Waals surface area contributed by atoms with Crippen molar-refractivity contribution in [1.82, 2.24) is 4.37 Å². The Bertz CT molecular complexity index is 519. The number of benzene rings is 1. The highest BCUT2D eigenvalue weighted by molar-refractivity contribution is 7.09. The number of nitrogen functional groups attached to an aromatic ring is 1. The number of hydrogen-bond donors (Lipinski definition) is 1. The summed E-state index contributed by atoms with van der Waals surface area (Å²) in [6, 6.07) is 7.99. The van der Waals surface area contributed by atoms with Crippen LogP contribution in [-0.2, 0) is 0 Å². The zero-order chi connectivity index (χ0) is 12.4. The van der Waals surface area contributed by atoms with Crippen LogP contribution in [0.3, 0.4) is 0 Å². The summed E-state index contributed by atoms with van der Waals surface area (Å²) in [5, 5.41) is 0. The van der Waals surface area contributed by atoms with E-state index in [9.17, 15) is 0 Å².